The molecule has 16 heavy (non-hydrogen) atoms. The SMILES string of the molecule is CN1CCN(Cc2cc(Cl)ccc2Cl)CC1. The van der Waals surface area contributed by atoms with Crippen molar-refractivity contribution >= 4 is 23.2 Å². The fourth-order valence-electron chi connectivity index (χ4n) is 1.91. The van der Waals surface area contributed by atoms with E-state index in [2.05, 4.69) is 16.8 Å². The summed E-state index contributed by atoms with van der Waals surface area (Å²) in [6, 6.07) is 5.66. The molecule has 0 N–H and O–H groups in total. The third-order valence-corrected chi connectivity index (χ3v) is 3.60. The van der Waals surface area contributed by atoms with Gasteiger partial charge in [0.15, 0.2) is 0 Å². The molecule has 2 nitrogen and oxygen atoms in total. The fourth-order valence-corrected chi connectivity index (χ4v) is 2.28. The average Bonchev–Trinajstić information content (AvgIpc) is 2.27. The summed E-state index contributed by atoms with van der Waals surface area (Å²) in [7, 11) is 2.16. The van der Waals surface area contributed by atoms with Crippen molar-refractivity contribution in [3.05, 3.63) is 33.8 Å². The number of benzene rings is 1. The molecule has 0 spiro atoms. The molecule has 0 bridgehead atoms. The minimum absolute atomic E-state index is 0.758. The summed E-state index contributed by atoms with van der Waals surface area (Å²) in [4.78, 5) is 4.76. The van der Waals surface area contributed by atoms with Crippen molar-refractivity contribution in [2.75, 3.05) is 33.2 Å². The number of likely N-dealkylation sites (N-methyl/N-ethyl adjacent to an activating group) is 1. The molecule has 2 rings (SSSR count). The number of halogens is 2. The Morgan fingerprint density at radius 2 is 1.81 bits per heavy atom. The molecule has 4 heteroatoms. The van der Waals surface area contributed by atoms with Crippen LogP contribution >= 0.6 is 23.2 Å². The van der Waals surface area contributed by atoms with Gasteiger partial charge >= 0.3 is 0 Å². The summed E-state index contributed by atoms with van der Waals surface area (Å²) < 4.78 is 0. The molecule has 1 saturated heterocycles. The summed E-state index contributed by atoms with van der Waals surface area (Å²) in [6.45, 7) is 5.34. The van der Waals surface area contributed by atoms with Crippen LogP contribution in [-0.4, -0.2) is 43.0 Å². The van der Waals surface area contributed by atoms with E-state index in [1.54, 1.807) is 0 Å². The second-order valence-corrected chi connectivity index (χ2v) is 5.16. The second kappa shape index (κ2) is 5.37. The molecule has 0 amide bonds. The summed E-state index contributed by atoms with van der Waals surface area (Å²) in [6.07, 6.45) is 0. The highest BCUT2D eigenvalue weighted by Gasteiger charge is 2.15. The molecular formula is C12H16Cl2N2. The molecule has 0 aromatic heterocycles. The van der Waals surface area contributed by atoms with Gasteiger partial charge in [-0.3, -0.25) is 4.90 Å². The molecule has 1 aromatic carbocycles. The first-order valence-electron chi connectivity index (χ1n) is 5.50. The molecule has 1 heterocycles. The Bertz CT molecular complexity index is 360. The zero-order valence-corrected chi connectivity index (χ0v) is 10.9. The van der Waals surface area contributed by atoms with Gasteiger partial charge in [-0.2, -0.15) is 0 Å². The van der Waals surface area contributed by atoms with Crippen LogP contribution in [0.1, 0.15) is 5.56 Å². The van der Waals surface area contributed by atoms with Crippen LogP contribution in [-0.2, 0) is 6.54 Å². The monoisotopic (exact) mass is 258 g/mol. The maximum absolute atomic E-state index is 6.15. The Morgan fingerprint density at radius 3 is 2.50 bits per heavy atom. The predicted octanol–water partition coefficient (Wildman–Crippen LogP) is 2.74. The average molecular weight is 259 g/mol. The van der Waals surface area contributed by atoms with Gasteiger partial charge in [-0.15, -0.1) is 0 Å². The minimum Gasteiger partial charge on any atom is -0.304 e. The highest BCUT2D eigenvalue weighted by atomic mass is 35.5. The van der Waals surface area contributed by atoms with Crippen LogP contribution in [0, 0.1) is 0 Å². The van der Waals surface area contributed by atoms with E-state index >= 15 is 0 Å². The normalized spacial score (nSPS) is 18.9. The van der Waals surface area contributed by atoms with E-state index in [9.17, 15) is 0 Å². The lowest BCUT2D eigenvalue weighted by Crippen LogP contribution is -2.43. The molecule has 0 unspecified atom stereocenters. The summed E-state index contributed by atoms with van der Waals surface area (Å²) in [5.41, 5.74) is 1.12. The van der Waals surface area contributed by atoms with Crippen LogP contribution < -0.4 is 0 Å². The number of piperazine rings is 1. The third kappa shape index (κ3) is 3.11. The topological polar surface area (TPSA) is 6.48 Å². The smallest absolute Gasteiger partial charge is 0.0452 e. The van der Waals surface area contributed by atoms with E-state index in [-0.39, 0.29) is 0 Å². The van der Waals surface area contributed by atoms with E-state index in [0.29, 0.717) is 0 Å². The first-order valence-corrected chi connectivity index (χ1v) is 6.25. The molecule has 1 aromatic rings. The second-order valence-electron chi connectivity index (χ2n) is 4.32. The van der Waals surface area contributed by atoms with Gasteiger partial charge < -0.3 is 4.90 Å². The Morgan fingerprint density at radius 1 is 1.12 bits per heavy atom. The van der Waals surface area contributed by atoms with E-state index in [4.69, 9.17) is 23.2 Å². The van der Waals surface area contributed by atoms with Crippen LogP contribution in [0.3, 0.4) is 0 Å². The van der Waals surface area contributed by atoms with Crippen LogP contribution in [0.5, 0.6) is 0 Å². The summed E-state index contributed by atoms with van der Waals surface area (Å²) >= 11 is 12.1. The zero-order valence-electron chi connectivity index (χ0n) is 9.42. The van der Waals surface area contributed by atoms with Crippen LogP contribution in [0.15, 0.2) is 18.2 Å². The highest BCUT2D eigenvalue weighted by Crippen LogP contribution is 2.22. The first kappa shape index (κ1) is 12.2. The Labute approximate surface area is 107 Å². The van der Waals surface area contributed by atoms with Gasteiger partial charge in [0, 0.05) is 42.8 Å². The Kier molecular flexibility index (Phi) is 4.09. The van der Waals surface area contributed by atoms with Crippen molar-refractivity contribution in [1.29, 1.82) is 0 Å². The number of nitrogens with zero attached hydrogens (tertiary/aromatic N) is 2. The number of hydrogen-bond donors (Lipinski definition) is 0. The van der Waals surface area contributed by atoms with Crippen molar-refractivity contribution in [2.45, 2.75) is 6.54 Å². The molecule has 1 aliphatic heterocycles. The van der Waals surface area contributed by atoms with E-state index in [1.807, 2.05) is 18.2 Å². The maximum Gasteiger partial charge on any atom is 0.0452 e. The van der Waals surface area contributed by atoms with Gasteiger partial charge in [0.1, 0.15) is 0 Å². The lowest BCUT2D eigenvalue weighted by molar-refractivity contribution is 0.148. The standard InChI is InChI=1S/C12H16Cl2N2/c1-15-4-6-16(7-5-15)9-10-8-11(13)2-3-12(10)14/h2-3,8H,4-7,9H2,1H3. The predicted molar refractivity (Wildman–Crippen MR) is 69.2 cm³/mol. The molecular weight excluding hydrogens is 243 g/mol. The molecule has 0 atom stereocenters. The zero-order chi connectivity index (χ0) is 11.5. The van der Waals surface area contributed by atoms with Crippen molar-refractivity contribution in [1.82, 2.24) is 9.80 Å². The van der Waals surface area contributed by atoms with E-state index < -0.39 is 0 Å². The third-order valence-electron chi connectivity index (χ3n) is 3.00. The molecule has 0 radical (unpaired) electrons. The largest absolute Gasteiger partial charge is 0.304 e. The quantitative estimate of drug-likeness (QED) is 0.805. The molecule has 0 saturated carbocycles. The van der Waals surface area contributed by atoms with E-state index in [0.717, 1.165) is 48.3 Å². The Hall–Kier alpha value is -0.280. The van der Waals surface area contributed by atoms with Crippen molar-refractivity contribution in [3.63, 3.8) is 0 Å². The van der Waals surface area contributed by atoms with Gasteiger partial charge in [0.25, 0.3) is 0 Å². The Balaban J connectivity index is 2.00. The van der Waals surface area contributed by atoms with Gasteiger partial charge in [-0.1, -0.05) is 23.2 Å². The van der Waals surface area contributed by atoms with Gasteiger partial charge in [0.05, 0.1) is 0 Å². The molecule has 88 valence electrons. The minimum atomic E-state index is 0.758. The molecule has 1 fully saturated rings. The molecule has 1 aliphatic rings. The molecule has 0 aliphatic carbocycles. The highest BCUT2D eigenvalue weighted by molar-refractivity contribution is 6.33. The first-order chi connectivity index (χ1) is 7.65. The van der Waals surface area contributed by atoms with Crippen LogP contribution in [0.25, 0.3) is 0 Å². The van der Waals surface area contributed by atoms with Crippen LogP contribution in [0.2, 0.25) is 10.0 Å². The van der Waals surface area contributed by atoms with Crippen molar-refractivity contribution in [2.24, 2.45) is 0 Å². The lowest BCUT2D eigenvalue weighted by Gasteiger charge is -2.32. The maximum atomic E-state index is 6.15. The lowest BCUT2D eigenvalue weighted by atomic mass is 10.2. The van der Waals surface area contributed by atoms with Crippen molar-refractivity contribution < 1.29 is 0 Å². The summed E-state index contributed by atoms with van der Waals surface area (Å²) in [5, 5.41) is 1.57. The van der Waals surface area contributed by atoms with Gasteiger partial charge in [-0.05, 0) is 30.8 Å². The fraction of sp³-hybridized carbons (Fsp3) is 0.500. The van der Waals surface area contributed by atoms with Gasteiger partial charge in [0.2, 0.25) is 0 Å². The van der Waals surface area contributed by atoms with E-state index in [1.165, 1.54) is 0 Å². The summed E-state index contributed by atoms with van der Waals surface area (Å²) in [5.74, 6) is 0. The number of rotatable bonds is 2. The van der Waals surface area contributed by atoms with Crippen LogP contribution in [0.4, 0.5) is 0 Å². The number of hydrogen-bond acceptors (Lipinski definition) is 2. The van der Waals surface area contributed by atoms with Crippen molar-refractivity contribution in [3.8, 4) is 0 Å². The van der Waals surface area contributed by atoms with Gasteiger partial charge in [-0.25, -0.2) is 0 Å².